The summed E-state index contributed by atoms with van der Waals surface area (Å²) in [4.78, 5) is 0. The van der Waals surface area contributed by atoms with Crippen LogP contribution in [0.5, 0.6) is 11.5 Å². The molecule has 1 aromatic rings. The van der Waals surface area contributed by atoms with Crippen molar-refractivity contribution in [1.29, 1.82) is 0 Å². The van der Waals surface area contributed by atoms with Gasteiger partial charge in [0.15, 0.2) is 11.5 Å². The lowest BCUT2D eigenvalue weighted by molar-refractivity contribution is 0.310. The monoisotopic (exact) mass is 297 g/mol. The van der Waals surface area contributed by atoms with E-state index < -0.39 is 0 Å². The Morgan fingerprint density at radius 3 is 2.65 bits per heavy atom. The normalized spacial score (nSPS) is 16.1. The Hall–Kier alpha value is -0.930. The van der Waals surface area contributed by atoms with Crippen LogP contribution in [0.3, 0.4) is 0 Å². The van der Waals surface area contributed by atoms with Crippen LogP contribution in [0, 0.1) is 0 Å². The number of benzene rings is 1. The minimum Gasteiger partial charge on any atom is -0.491 e. The Kier molecular flexibility index (Phi) is 5.99. The van der Waals surface area contributed by atoms with Gasteiger partial charge in [0.05, 0.1) is 18.7 Å². The van der Waals surface area contributed by atoms with Crippen LogP contribution in [0.2, 0.25) is 5.02 Å². The molecule has 1 aromatic carbocycles. The second kappa shape index (κ2) is 7.75. The van der Waals surface area contributed by atoms with Crippen molar-refractivity contribution in [2.24, 2.45) is 0 Å². The molecule has 0 unspecified atom stereocenters. The number of methoxy groups -OCH3 is 1. The molecule has 1 saturated carbocycles. The zero-order valence-electron chi connectivity index (χ0n) is 12.4. The molecular formula is C16H24ClNO2. The van der Waals surface area contributed by atoms with E-state index in [2.05, 4.69) is 5.32 Å². The molecule has 0 spiro atoms. The average Bonchev–Trinajstić information content (AvgIpc) is 2.46. The van der Waals surface area contributed by atoms with Crippen molar-refractivity contribution in [3.8, 4) is 11.5 Å². The fourth-order valence-electron chi connectivity index (χ4n) is 2.75. The molecule has 0 amide bonds. The first-order chi connectivity index (χ1) is 9.74. The summed E-state index contributed by atoms with van der Waals surface area (Å²) in [6, 6.07) is 4.61. The predicted octanol–water partition coefficient (Wildman–Crippen LogP) is 4.17. The molecule has 0 heterocycles. The van der Waals surface area contributed by atoms with Crippen molar-refractivity contribution in [3.05, 3.63) is 22.7 Å². The molecular weight excluding hydrogens is 274 g/mol. The number of hydrogen-bond donors (Lipinski definition) is 1. The Balaban J connectivity index is 2.03. The third-order valence-electron chi connectivity index (χ3n) is 3.77. The second-order valence-corrected chi connectivity index (χ2v) is 5.67. The summed E-state index contributed by atoms with van der Waals surface area (Å²) < 4.78 is 10.9. The van der Waals surface area contributed by atoms with Crippen molar-refractivity contribution in [3.63, 3.8) is 0 Å². The van der Waals surface area contributed by atoms with Crippen LogP contribution >= 0.6 is 11.6 Å². The van der Waals surface area contributed by atoms with E-state index in [1.54, 1.807) is 7.11 Å². The molecule has 2 rings (SSSR count). The van der Waals surface area contributed by atoms with E-state index >= 15 is 0 Å². The van der Waals surface area contributed by atoms with Gasteiger partial charge in [-0.1, -0.05) is 30.9 Å². The lowest BCUT2D eigenvalue weighted by Gasteiger charge is -2.23. The van der Waals surface area contributed by atoms with Gasteiger partial charge in [-0.25, -0.2) is 0 Å². The van der Waals surface area contributed by atoms with Crippen LogP contribution in [0.15, 0.2) is 12.1 Å². The van der Waals surface area contributed by atoms with Gasteiger partial charge < -0.3 is 14.8 Å². The van der Waals surface area contributed by atoms with E-state index in [0.29, 0.717) is 23.4 Å². The molecule has 1 N–H and O–H groups in total. The maximum atomic E-state index is 6.26. The molecule has 3 nitrogen and oxygen atoms in total. The van der Waals surface area contributed by atoms with Crippen molar-refractivity contribution in [2.75, 3.05) is 13.7 Å². The summed E-state index contributed by atoms with van der Waals surface area (Å²) in [5.41, 5.74) is 1.14. The largest absolute Gasteiger partial charge is 0.491 e. The molecule has 1 aliphatic carbocycles. The van der Waals surface area contributed by atoms with E-state index in [0.717, 1.165) is 17.9 Å². The maximum Gasteiger partial charge on any atom is 0.179 e. The van der Waals surface area contributed by atoms with Gasteiger partial charge >= 0.3 is 0 Å². The van der Waals surface area contributed by atoms with Crippen LogP contribution in [0.1, 0.15) is 44.6 Å². The van der Waals surface area contributed by atoms with Crippen molar-refractivity contribution in [2.45, 2.75) is 51.6 Å². The number of rotatable bonds is 6. The van der Waals surface area contributed by atoms with E-state index in [9.17, 15) is 0 Å². The van der Waals surface area contributed by atoms with Gasteiger partial charge in [-0.3, -0.25) is 0 Å². The average molecular weight is 298 g/mol. The first-order valence-corrected chi connectivity index (χ1v) is 7.85. The van der Waals surface area contributed by atoms with Crippen molar-refractivity contribution < 1.29 is 9.47 Å². The lowest BCUT2D eigenvalue weighted by Crippen LogP contribution is -2.30. The Bertz CT molecular complexity index is 431. The fourth-order valence-corrected chi connectivity index (χ4v) is 3.06. The fraction of sp³-hybridized carbons (Fsp3) is 0.625. The molecule has 0 bridgehead atoms. The van der Waals surface area contributed by atoms with Gasteiger partial charge in [-0.2, -0.15) is 0 Å². The minimum atomic E-state index is 0.603. The molecule has 112 valence electrons. The van der Waals surface area contributed by atoms with E-state index in [4.69, 9.17) is 21.1 Å². The van der Waals surface area contributed by atoms with Crippen LogP contribution in [-0.2, 0) is 6.54 Å². The molecule has 20 heavy (non-hydrogen) atoms. The molecule has 4 heteroatoms. The van der Waals surface area contributed by atoms with Crippen molar-refractivity contribution in [1.82, 2.24) is 5.32 Å². The summed E-state index contributed by atoms with van der Waals surface area (Å²) in [6.07, 6.45) is 6.61. The summed E-state index contributed by atoms with van der Waals surface area (Å²) in [5, 5.41) is 4.23. The summed E-state index contributed by atoms with van der Waals surface area (Å²) >= 11 is 6.26. The Morgan fingerprint density at radius 2 is 2.00 bits per heavy atom. The highest BCUT2D eigenvalue weighted by Crippen LogP contribution is 2.36. The zero-order valence-corrected chi connectivity index (χ0v) is 13.1. The van der Waals surface area contributed by atoms with E-state index in [-0.39, 0.29) is 0 Å². The second-order valence-electron chi connectivity index (χ2n) is 5.26. The summed E-state index contributed by atoms with van der Waals surface area (Å²) in [7, 11) is 1.61. The molecule has 0 aliphatic heterocycles. The highest BCUT2D eigenvalue weighted by molar-refractivity contribution is 6.32. The number of nitrogens with one attached hydrogen (secondary N) is 1. The predicted molar refractivity (Wildman–Crippen MR) is 82.9 cm³/mol. The van der Waals surface area contributed by atoms with E-state index in [1.165, 1.54) is 32.1 Å². The molecule has 0 saturated heterocycles. The number of halogens is 1. The molecule has 0 aromatic heterocycles. The quantitative estimate of drug-likeness (QED) is 0.855. The SMILES string of the molecule is CCOc1cc(CNC2CCCCC2)cc(Cl)c1OC. The molecule has 1 fully saturated rings. The summed E-state index contributed by atoms with van der Waals surface area (Å²) in [5.74, 6) is 1.35. The molecule has 0 atom stereocenters. The van der Waals surface area contributed by atoms with Crippen LogP contribution in [0.25, 0.3) is 0 Å². The topological polar surface area (TPSA) is 30.5 Å². The highest BCUT2D eigenvalue weighted by atomic mass is 35.5. The van der Waals surface area contributed by atoms with Gasteiger partial charge in [0.25, 0.3) is 0 Å². The number of hydrogen-bond acceptors (Lipinski definition) is 3. The zero-order chi connectivity index (χ0) is 14.4. The Morgan fingerprint density at radius 1 is 1.25 bits per heavy atom. The van der Waals surface area contributed by atoms with Gasteiger partial charge in [0.2, 0.25) is 0 Å². The van der Waals surface area contributed by atoms with Gasteiger partial charge in [0, 0.05) is 12.6 Å². The smallest absolute Gasteiger partial charge is 0.179 e. The standard InChI is InChI=1S/C16H24ClNO2/c1-3-20-15-10-12(9-14(17)16(15)19-2)11-18-13-7-5-4-6-8-13/h9-10,13,18H,3-8,11H2,1-2H3. The highest BCUT2D eigenvalue weighted by Gasteiger charge is 2.15. The first-order valence-electron chi connectivity index (χ1n) is 7.47. The van der Waals surface area contributed by atoms with Crippen LogP contribution in [0.4, 0.5) is 0 Å². The molecule has 1 aliphatic rings. The summed E-state index contributed by atoms with van der Waals surface area (Å²) in [6.45, 7) is 3.39. The van der Waals surface area contributed by atoms with Crippen LogP contribution < -0.4 is 14.8 Å². The van der Waals surface area contributed by atoms with Gasteiger partial charge in [-0.15, -0.1) is 0 Å². The van der Waals surface area contributed by atoms with Crippen LogP contribution in [-0.4, -0.2) is 19.8 Å². The maximum absolute atomic E-state index is 6.26. The third kappa shape index (κ3) is 4.03. The first kappa shape index (κ1) is 15.5. The Labute approximate surface area is 126 Å². The van der Waals surface area contributed by atoms with E-state index in [1.807, 2.05) is 19.1 Å². The van der Waals surface area contributed by atoms with Gasteiger partial charge in [0.1, 0.15) is 0 Å². The minimum absolute atomic E-state index is 0.603. The lowest BCUT2D eigenvalue weighted by atomic mass is 9.95. The third-order valence-corrected chi connectivity index (χ3v) is 4.05. The van der Waals surface area contributed by atoms with Gasteiger partial charge in [-0.05, 0) is 37.5 Å². The molecule has 0 radical (unpaired) electrons. The van der Waals surface area contributed by atoms with Crippen molar-refractivity contribution >= 4 is 11.6 Å². The number of ether oxygens (including phenoxy) is 2.